The molecule has 8 heteroatoms. The number of fused-ring (bicyclic) bond motifs is 2. The molecule has 0 bridgehead atoms. The van der Waals surface area contributed by atoms with Crippen LogP contribution in [0, 0.1) is 18.8 Å². The van der Waals surface area contributed by atoms with Gasteiger partial charge in [-0.1, -0.05) is 39.8 Å². The standard InChI is InChI=1S/C29H34N2O5S/c1-7-35-29(34)27-23(28-30-21-10-8-9-11-22(21)37-28)25(33)20-12-19(24(32)18(6)26(20)36-27)15-31(13-16(2)3)14-17(4)5/h8-12,16-17,32H,7,13-15H2,1-6H3. The summed E-state index contributed by atoms with van der Waals surface area (Å²) in [5, 5.41) is 11.8. The third-order valence-electron chi connectivity index (χ3n) is 6.08. The smallest absolute Gasteiger partial charge is 0.375 e. The van der Waals surface area contributed by atoms with E-state index in [1.807, 2.05) is 24.3 Å². The maximum Gasteiger partial charge on any atom is 0.375 e. The van der Waals surface area contributed by atoms with Gasteiger partial charge in [-0.25, -0.2) is 9.78 Å². The summed E-state index contributed by atoms with van der Waals surface area (Å²) in [6.07, 6.45) is 0. The monoisotopic (exact) mass is 522 g/mol. The highest BCUT2D eigenvalue weighted by molar-refractivity contribution is 7.21. The van der Waals surface area contributed by atoms with E-state index in [4.69, 9.17) is 9.15 Å². The molecule has 0 amide bonds. The van der Waals surface area contributed by atoms with Crippen molar-refractivity contribution in [3.05, 3.63) is 57.4 Å². The highest BCUT2D eigenvalue weighted by Gasteiger charge is 2.27. The fourth-order valence-electron chi connectivity index (χ4n) is 4.66. The minimum Gasteiger partial charge on any atom is -0.507 e. The average molecular weight is 523 g/mol. The van der Waals surface area contributed by atoms with Crippen LogP contribution in [0.2, 0.25) is 0 Å². The second-order valence-electron chi connectivity index (χ2n) is 10.2. The zero-order valence-corrected chi connectivity index (χ0v) is 23.1. The molecule has 0 saturated heterocycles. The Kier molecular flexibility index (Phi) is 7.99. The van der Waals surface area contributed by atoms with Crippen LogP contribution in [0.4, 0.5) is 0 Å². The number of nitrogens with zero attached hydrogens (tertiary/aromatic N) is 2. The summed E-state index contributed by atoms with van der Waals surface area (Å²) in [5.74, 6) is 0.0277. The van der Waals surface area contributed by atoms with Crippen LogP contribution in [-0.4, -0.2) is 40.7 Å². The number of hydrogen-bond acceptors (Lipinski definition) is 8. The lowest BCUT2D eigenvalue weighted by Crippen LogP contribution is -2.31. The van der Waals surface area contributed by atoms with E-state index in [9.17, 15) is 14.7 Å². The number of hydrogen-bond donors (Lipinski definition) is 1. The number of carbonyl (C=O) groups excluding carboxylic acids is 1. The van der Waals surface area contributed by atoms with Gasteiger partial charge >= 0.3 is 5.97 Å². The van der Waals surface area contributed by atoms with E-state index in [2.05, 4.69) is 37.6 Å². The predicted molar refractivity (Wildman–Crippen MR) is 148 cm³/mol. The number of thiazole rings is 1. The fourth-order valence-corrected chi connectivity index (χ4v) is 5.67. The zero-order chi connectivity index (χ0) is 26.9. The van der Waals surface area contributed by atoms with Crippen LogP contribution in [0.1, 0.15) is 56.3 Å². The van der Waals surface area contributed by atoms with Crippen molar-refractivity contribution in [1.29, 1.82) is 0 Å². The number of para-hydroxylation sites is 1. The summed E-state index contributed by atoms with van der Waals surface area (Å²) in [6, 6.07) is 9.25. The van der Waals surface area contributed by atoms with Gasteiger partial charge in [-0.15, -0.1) is 11.3 Å². The molecule has 0 atom stereocenters. The molecule has 7 nitrogen and oxygen atoms in total. The minimum absolute atomic E-state index is 0.0655. The second-order valence-corrected chi connectivity index (χ2v) is 11.2. The van der Waals surface area contributed by atoms with Gasteiger partial charge in [0.2, 0.25) is 11.2 Å². The van der Waals surface area contributed by atoms with Crippen LogP contribution in [0.5, 0.6) is 5.75 Å². The molecular formula is C29H34N2O5S. The molecule has 2 heterocycles. The van der Waals surface area contributed by atoms with Crippen molar-refractivity contribution < 1.29 is 19.1 Å². The molecule has 0 saturated carbocycles. The summed E-state index contributed by atoms with van der Waals surface area (Å²) in [6.45, 7) is 14.4. The Morgan fingerprint density at radius 2 is 1.84 bits per heavy atom. The lowest BCUT2D eigenvalue weighted by molar-refractivity contribution is 0.0492. The van der Waals surface area contributed by atoms with Crippen LogP contribution in [-0.2, 0) is 11.3 Å². The number of aromatic nitrogens is 1. The van der Waals surface area contributed by atoms with Gasteiger partial charge in [-0.2, -0.15) is 0 Å². The van der Waals surface area contributed by atoms with Gasteiger partial charge < -0.3 is 14.3 Å². The van der Waals surface area contributed by atoms with E-state index < -0.39 is 5.97 Å². The summed E-state index contributed by atoms with van der Waals surface area (Å²) in [7, 11) is 0. The first kappa shape index (κ1) is 26.8. The third kappa shape index (κ3) is 5.55. The van der Waals surface area contributed by atoms with Crippen molar-refractivity contribution >= 4 is 38.5 Å². The van der Waals surface area contributed by atoms with Gasteiger partial charge in [0.05, 0.1) is 22.2 Å². The van der Waals surface area contributed by atoms with Gasteiger partial charge in [0.1, 0.15) is 21.9 Å². The Bertz CT molecular complexity index is 1460. The quantitative estimate of drug-likeness (QED) is 0.255. The Hall–Kier alpha value is -3.23. The lowest BCUT2D eigenvalue weighted by Gasteiger charge is -2.27. The molecule has 196 valence electrons. The summed E-state index contributed by atoms with van der Waals surface area (Å²) < 4.78 is 12.2. The number of aromatic hydroxyl groups is 1. The molecule has 0 unspecified atom stereocenters. The van der Waals surface area contributed by atoms with Crippen LogP contribution in [0.25, 0.3) is 31.8 Å². The predicted octanol–water partition coefficient (Wildman–Crippen LogP) is 6.37. The first-order chi connectivity index (χ1) is 17.6. The number of esters is 1. The number of phenolic OH excluding ortho intramolecular Hbond substituents is 1. The molecular weight excluding hydrogens is 488 g/mol. The zero-order valence-electron chi connectivity index (χ0n) is 22.3. The van der Waals surface area contributed by atoms with Crippen LogP contribution >= 0.6 is 11.3 Å². The Morgan fingerprint density at radius 1 is 1.16 bits per heavy atom. The molecule has 4 aromatic rings. The van der Waals surface area contributed by atoms with E-state index >= 15 is 0 Å². The van der Waals surface area contributed by atoms with Crippen LogP contribution in [0.3, 0.4) is 0 Å². The van der Waals surface area contributed by atoms with Crippen LogP contribution in [0.15, 0.2) is 39.5 Å². The number of rotatable bonds is 9. The Morgan fingerprint density at radius 3 is 2.46 bits per heavy atom. The third-order valence-corrected chi connectivity index (χ3v) is 7.13. The molecule has 0 aliphatic rings. The number of ether oxygens (including phenoxy) is 1. The van der Waals surface area contributed by atoms with Gasteiger partial charge in [0.25, 0.3) is 0 Å². The number of benzene rings is 2. The summed E-state index contributed by atoms with van der Waals surface area (Å²) in [4.78, 5) is 33.8. The van der Waals surface area contributed by atoms with Crippen molar-refractivity contribution in [3.63, 3.8) is 0 Å². The Labute approximate surface area is 220 Å². The van der Waals surface area contributed by atoms with Crippen molar-refractivity contribution in [1.82, 2.24) is 9.88 Å². The highest BCUT2D eigenvalue weighted by atomic mass is 32.1. The highest BCUT2D eigenvalue weighted by Crippen LogP contribution is 2.36. The maximum absolute atomic E-state index is 14.0. The van der Waals surface area contributed by atoms with E-state index in [1.165, 1.54) is 11.3 Å². The Balaban J connectivity index is 1.94. The van der Waals surface area contributed by atoms with Gasteiger partial charge in [0, 0.05) is 30.8 Å². The van der Waals surface area contributed by atoms with Crippen molar-refractivity contribution in [2.24, 2.45) is 11.8 Å². The average Bonchev–Trinajstić information content (AvgIpc) is 3.25. The normalized spacial score (nSPS) is 11.9. The van der Waals surface area contributed by atoms with E-state index in [1.54, 1.807) is 19.9 Å². The molecule has 2 aromatic carbocycles. The van der Waals surface area contributed by atoms with Crippen LogP contribution < -0.4 is 5.43 Å². The minimum atomic E-state index is -0.737. The topological polar surface area (TPSA) is 92.9 Å². The van der Waals surface area contributed by atoms with Crippen molar-refractivity contribution in [2.75, 3.05) is 19.7 Å². The van der Waals surface area contributed by atoms with E-state index in [-0.39, 0.29) is 34.7 Å². The second kappa shape index (κ2) is 11.0. The van der Waals surface area contributed by atoms with Gasteiger partial charge in [-0.3, -0.25) is 9.69 Å². The largest absolute Gasteiger partial charge is 0.507 e. The molecule has 2 aromatic heterocycles. The first-order valence-corrected chi connectivity index (χ1v) is 13.5. The maximum atomic E-state index is 14.0. The first-order valence-electron chi connectivity index (χ1n) is 12.7. The molecule has 37 heavy (non-hydrogen) atoms. The lowest BCUT2D eigenvalue weighted by atomic mass is 10.0. The fraction of sp³-hybridized carbons (Fsp3) is 0.414. The summed E-state index contributed by atoms with van der Waals surface area (Å²) in [5.41, 5.74) is 1.70. The molecule has 1 N–H and O–H groups in total. The molecule has 0 aliphatic heterocycles. The summed E-state index contributed by atoms with van der Waals surface area (Å²) >= 11 is 1.32. The molecule has 0 fully saturated rings. The molecule has 0 spiro atoms. The molecule has 4 rings (SSSR count). The van der Waals surface area contributed by atoms with Gasteiger partial charge in [0.15, 0.2) is 0 Å². The van der Waals surface area contributed by atoms with Crippen molar-refractivity contribution in [3.8, 4) is 16.3 Å². The van der Waals surface area contributed by atoms with Crippen molar-refractivity contribution in [2.45, 2.75) is 48.1 Å². The number of aryl methyl sites for hydroxylation is 1. The molecule has 0 radical (unpaired) electrons. The van der Waals surface area contributed by atoms with Gasteiger partial charge in [-0.05, 0) is 43.9 Å². The SMILES string of the molecule is CCOC(=O)c1oc2c(C)c(O)c(CN(CC(C)C)CC(C)C)cc2c(=O)c1-c1nc2ccccc2s1. The number of phenols is 1. The van der Waals surface area contributed by atoms with E-state index in [0.717, 1.165) is 23.3 Å². The van der Waals surface area contributed by atoms with E-state index in [0.29, 0.717) is 39.9 Å². The number of carbonyl (C=O) groups is 1. The molecule has 0 aliphatic carbocycles.